The molecule has 116 valence electrons. The van der Waals surface area contributed by atoms with Crippen LogP contribution in [0.1, 0.15) is 10.6 Å². The number of carbonyl (C=O) groups excluding carboxylic acids is 1. The summed E-state index contributed by atoms with van der Waals surface area (Å²) in [4.78, 5) is 40.4. The van der Waals surface area contributed by atoms with Crippen molar-refractivity contribution in [1.29, 1.82) is 0 Å². The first-order chi connectivity index (χ1) is 10.4. The lowest BCUT2D eigenvalue weighted by Crippen LogP contribution is -2.23. The number of nitrogens with two attached hydrogens (primary N) is 1. The summed E-state index contributed by atoms with van der Waals surface area (Å²) >= 11 is 3.85. The largest absolute Gasteiger partial charge is 0.481 e. The molecule has 0 unspecified atom stereocenters. The fourth-order valence-electron chi connectivity index (χ4n) is 1.40. The Morgan fingerprint density at radius 3 is 2.77 bits per heavy atom. The quantitative estimate of drug-likeness (QED) is 0.439. The third kappa shape index (κ3) is 3.89. The topological polar surface area (TPSA) is 151 Å². The molecule has 0 bridgehead atoms. The van der Waals surface area contributed by atoms with Gasteiger partial charge in [0.05, 0.1) is 5.75 Å². The number of anilines is 2. The number of halogens is 1. The molecule has 2 aromatic rings. The van der Waals surface area contributed by atoms with Gasteiger partial charge in [0.25, 0.3) is 11.5 Å². The molecule has 2 heterocycles. The molecule has 11 heteroatoms. The fourth-order valence-corrected chi connectivity index (χ4v) is 2.29. The molecule has 0 spiro atoms. The Morgan fingerprint density at radius 1 is 1.50 bits per heavy atom. The van der Waals surface area contributed by atoms with E-state index in [-0.39, 0.29) is 28.2 Å². The number of thioether (sulfide) groups is 1. The monoisotopic (exact) mass is 388 g/mol. The Bertz CT molecular complexity index is 787. The van der Waals surface area contributed by atoms with Gasteiger partial charge in [-0.15, -0.1) is 0 Å². The summed E-state index contributed by atoms with van der Waals surface area (Å²) in [6.45, 7) is 0. The van der Waals surface area contributed by atoms with Crippen LogP contribution in [0.25, 0.3) is 0 Å². The molecule has 0 fully saturated rings. The van der Waals surface area contributed by atoms with Gasteiger partial charge in [-0.1, -0.05) is 11.8 Å². The average Bonchev–Trinajstić information content (AvgIpc) is 2.87. The minimum atomic E-state index is -1.06. The first-order valence-electron chi connectivity index (χ1n) is 5.68. The van der Waals surface area contributed by atoms with Gasteiger partial charge in [0.2, 0.25) is 0 Å². The minimum absolute atomic E-state index is 0.0185. The first-order valence-corrected chi connectivity index (χ1v) is 7.45. The van der Waals surface area contributed by atoms with Crippen LogP contribution in [-0.4, -0.2) is 32.7 Å². The highest BCUT2D eigenvalue weighted by Gasteiger charge is 2.16. The van der Waals surface area contributed by atoms with Gasteiger partial charge < -0.3 is 20.6 Å². The Hall–Kier alpha value is -2.27. The number of hydrogen-bond donors (Lipinski definition) is 4. The van der Waals surface area contributed by atoms with Crippen molar-refractivity contribution in [3.05, 3.63) is 32.9 Å². The number of nitrogens with zero attached hydrogens (tertiary/aromatic N) is 1. The van der Waals surface area contributed by atoms with Gasteiger partial charge in [-0.3, -0.25) is 19.4 Å². The molecule has 22 heavy (non-hydrogen) atoms. The maximum atomic E-state index is 11.9. The number of aliphatic carboxylic acids is 1. The fraction of sp³-hybridized carbons (Fsp3) is 0.0909. The Morgan fingerprint density at radius 2 is 2.23 bits per heavy atom. The molecule has 0 aliphatic rings. The van der Waals surface area contributed by atoms with E-state index < -0.39 is 17.4 Å². The van der Waals surface area contributed by atoms with Gasteiger partial charge >= 0.3 is 5.97 Å². The number of hydrogen-bond acceptors (Lipinski definition) is 7. The van der Waals surface area contributed by atoms with Crippen LogP contribution in [0, 0.1) is 0 Å². The summed E-state index contributed by atoms with van der Waals surface area (Å²) in [6, 6.07) is 2.93. The number of nitrogen functional groups attached to an aromatic ring is 1. The SMILES string of the molecule is Nc1nc(SCC(=O)O)[nH]c(=O)c1NC(=O)c1ccc(Br)o1. The molecule has 0 aromatic carbocycles. The van der Waals surface area contributed by atoms with Gasteiger partial charge in [0.15, 0.2) is 27.1 Å². The summed E-state index contributed by atoms with van der Waals surface area (Å²) in [5, 5.41) is 10.9. The number of carbonyl (C=O) groups is 2. The van der Waals surface area contributed by atoms with Crippen LogP contribution in [0.4, 0.5) is 11.5 Å². The van der Waals surface area contributed by atoms with Crippen LogP contribution in [-0.2, 0) is 4.79 Å². The zero-order chi connectivity index (χ0) is 16.3. The predicted octanol–water partition coefficient (Wildman–Crippen LogP) is 1.14. The Kier molecular flexibility index (Phi) is 4.88. The lowest BCUT2D eigenvalue weighted by atomic mass is 10.4. The van der Waals surface area contributed by atoms with Gasteiger partial charge in [0, 0.05) is 0 Å². The number of H-pyrrole nitrogens is 1. The van der Waals surface area contributed by atoms with Crippen molar-refractivity contribution < 1.29 is 19.1 Å². The van der Waals surface area contributed by atoms with Crippen molar-refractivity contribution in [2.75, 3.05) is 16.8 Å². The van der Waals surface area contributed by atoms with Crippen molar-refractivity contribution in [3.63, 3.8) is 0 Å². The molecule has 2 aromatic heterocycles. The smallest absolute Gasteiger partial charge is 0.313 e. The minimum Gasteiger partial charge on any atom is -0.481 e. The molecular formula is C11H9BrN4O5S. The number of furan rings is 1. The molecule has 9 nitrogen and oxygen atoms in total. The summed E-state index contributed by atoms with van der Waals surface area (Å²) < 4.78 is 5.41. The number of aromatic nitrogens is 2. The maximum absolute atomic E-state index is 11.9. The van der Waals surface area contributed by atoms with E-state index in [4.69, 9.17) is 15.3 Å². The number of amides is 1. The molecule has 0 saturated heterocycles. The molecule has 5 N–H and O–H groups in total. The number of carboxylic acid groups (broad SMARTS) is 1. The van der Waals surface area contributed by atoms with E-state index in [0.29, 0.717) is 4.67 Å². The van der Waals surface area contributed by atoms with Crippen molar-refractivity contribution >= 4 is 51.1 Å². The normalized spacial score (nSPS) is 10.4. The first kappa shape index (κ1) is 16.1. The Balaban J connectivity index is 2.19. The molecule has 0 aliphatic carbocycles. The number of nitrogens with one attached hydrogen (secondary N) is 2. The van der Waals surface area contributed by atoms with Crippen LogP contribution in [0.2, 0.25) is 0 Å². The zero-order valence-corrected chi connectivity index (χ0v) is 13.2. The highest BCUT2D eigenvalue weighted by atomic mass is 79.9. The van der Waals surface area contributed by atoms with E-state index in [1.54, 1.807) is 0 Å². The van der Waals surface area contributed by atoms with Crippen molar-refractivity contribution in [2.24, 2.45) is 0 Å². The van der Waals surface area contributed by atoms with Crippen LogP contribution >= 0.6 is 27.7 Å². The van der Waals surface area contributed by atoms with Crippen molar-refractivity contribution in [2.45, 2.75) is 5.16 Å². The zero-order valence-electron chi connectivity index (χ0n) is 10.8. The summed E-state index contributed by atoms with van der Waals surface area (Å²) in [5.41, 5.74) is 4.68. The molecule has 2 rings (SSSR count). The van der Waals surface area contributed by atoms with Crippen LogP contribution < -0.4 is 16.6 Å². The third-order valence-electron chi connectivity index (χ3n) is 2.29. The third-order valence-corrected chi connectivity index (χ3v) is 3.58. The molecule has 1 amide bonds. The maximum Gasteiger partial charge on any atom is 0.313 e. The molecule has 0 saturated carbocycles. The second-order valence-corrected chi connectivity index (χ2v) is 5.62. The highest BCUT2D eigenvalue weighted by Crippen LogP contribution is 2.18. The molecule has 0 atom stereocenters. The van der Waals surface area contributed by atoms with Crippen LogP contribution in [0.5, 0.6) is 0 Å². The second kappa shape index (κ2) is 6.66. The second-order valence-electron chi connectivity index (χ2n) is 3.87. The van der Waals surface area contributed by atoms with Crippen molar-refractivity contribution in [1.82, 2.24) is 9.97 Å². The van der Waals surface area contributed by atoms with Crippen LogP contribution in [0.3, 0.4) is 0 Å². The van der Waals surface area contributed by atoms with E-state index in [1.165, 1.54) is 12.1 Å². The van der Waals surface area contributed by atoms with E-state index in [0.717, 1.165) is 11.8 Å². The van der Waals surface area contributed by atoms with E-state index in [1.807, 2.05) is 0 Å². The molecule has 0 radical (unpaired) electrons. The van der Waals surface area contributed by atoms with Gasteiger partial charge in [0.1, 0.15) is 0 Å². The van der Waals surface area contributed by atoms with E-state index in [2.05, 4.69) is 31.2 Å². The molecular weight excluding hydrogens is 380 g/mol. The van der Waals surface area contributed by atoms with Gasteiger partial charge in [-0.2, -0.15) is 0 Å². The molecule has 0 aliphatic heterocycles. The average molecular weight is 389 g/mol. The number of carboxylic acids is 1. The van der Waals surface area contributed by atoms with Crippen molar-refractivity contribution in [3.8, 4) is 0 Å². The van der Waals surface area contributed by atoms with E-state index in [9.17, 15) is 14.4 Å². The number of rotatable bonds is 5. The van der Waals surface area contributed by atoms with Gasteiger partial charge in [-0.25, -0.2) is 4.98 Å². The van der Waals surface area contributed by atoms with E-state index >= 15 is 0 Å². The highest BCUT2D eigenvalue weighted by molar-refractivity contribution is 9.10. The standard InChI is InChI=1S/C11H9BrN4O5S/c12-5-2-1-4(21-5)9(19)14-7-8(13)15-11(16-10(7)20)22-3-6(17)18/h1-2H,3H2,(H,14,19)(H,17,18)(H3,13,15,16,20). The summed E-state index contributed by atoms with van der Waals surface area (Å²) in [5.74, 6) is -2.26. The lowest BCUT2D eigenvalue weighted by Gasteiger charge is -2.06. The van der Waals surface area contributed by atoms with Gasteiger partial charge in [-0.05, 0) is 28.1 Å². The van der Waals surface area contributed by atoms with Crippen LogP contribution in [0.15, 0.2) is 31.2 Å². The summed E-state index contributed by atoms with van der Waals surface area (Å²) in [6.07, 6.45) is 0. The predicted molar refractivity (Wildman–Crippen MR) is 82.0 cm³/mol. The Labute approximate surface area is 135 Å². The lowest BCUT2D eigenvalue weighted by molar-refractivity contribution is -0.133. The summed E-state index contributed by atoms with van der Waals surface area (Å²) in [7, 11) is 0. The number of aromatic amines is 1.